The number of hydrogen-bond donors (Lipinski definition) is 2. The molecule has 0 aromatic heterocycles. The van der Waals surface area contributed by atoms with Crippen LogP contribution in [0, 0.1) is 0 Å². The minimum atomic E-state index is -0.598. The van der Waals surface area contributed by atoms with Crippen molar-refractivity contribution in [2.24, 2.45) is 0 Å². The van der Waals surface area contributed by atoms with Crippen LogP contribution in [0.3, 0.4) is 0 Å². The van der Waals surface area contributed by atoms with Gasteiger partial charge >= 0.3 is 6.09 Å². The van der Waals surface area contributed by atoms with Crippen LogP contribution in [0.4, 0.5) is 10.5 Å². The van der Waals surface area contributed by atoms with Gasteiger partial charge in [-0.25, -0.2) is 4.79 Å². The Bertz CT molecular complexity index is 794. The van der Waals surface area contributed by atoms with E-state index in [1.165, 1.54) is 0 Å². The van der Waals surface area contributed by atoms with Crippen LogP contribution in [0.25, 0.3) is 10.8 Å². The molecule has 2 aromatic carbocycles. The highest BCUT2D eigenvalue weighted by Gasteiger charge is 2.31. The molecule has 25 heavy (non-hydrogen) atoms. The van der Waals surface area contributed by atoms with Crippen molar-refractivity contribution >= 4 is 22.6 Å². The SMILES string of the molecule is CC(C)(C)OC(=O)N1CCCC(CO)c2c1cc(O)c1ccccc21. The largest absolute Gasteiger partial charge is 0.507 e. The molecule has 2 aromatic rings. The molecule has 0 aliphatic carbocycles. The molecule has 5 heteroatoms. The zero-order chi connectivity index (χ0) is 18.2. The molecule has 0 saturated carbocycles. The summed E-state index contributed by atoms with van der Waals surface area (Å²) in [6, 6.07) is 9.16. The molecule has 1 amide bonds. The van der Waals surface area contributed by atoms with E-state index >= 15 is 0 Å². The van der Waals surface area contributed by atoms with Gasteiger partial charge in [-0.05, 0) is 44.6 Å². The molecule has 2 N–H and O–H groups in total. The van der Waals surface area contributed by atoms with E-state index in [-0.39, 0.29) is 18.3 Å². The monoisotopic (exact) mass is 343 g/mol. The molecule has 1 atom stereocenters. The minimum Gasteiger partial charge on any atom is -0.507 e. The molecule has 0 spiro atoms. The van der Waals surface area contributed by atoms with Crippen LogP contribution in [-0.2, 0) is 4.74 Å². The first-order chi connectivity index (χ1) is 11.8. The average Bonchev–Trinajstić information content (AvgIpc) is 2.73. The lowest BCUT2D eigenvalue weighted by atomic mass is 9.89. The normalized spacial score (nSPS) is 17.9. The lowest BCUT2D eigenvalue weighted by Gasteiger charge is -2.28. The molecule has 1 aliphatic rings. The Kier molecular flexibility index (Phi) is 4.60. The van der Waals surface area contributed by atoms with E-state index in [2.05, 4.69) is 0 Å². The summed E-state index contributed by atoms with van der Waals surface area (Å²) < 4.78 is 5.55. The molecule has 3 rings (SSSR count). The van der Waals surface area contributed by atoms with Gasteiger partial charge in [0.25, 0.3) is 0 Å². The fourth-order valence-electron chi connectivity index (χ4n) is 3.47. The van der Waals surface area contributed by atoms with Crippen molar-refractivity contribution in [2.45, 2.75) is 45.1 Å². The number of carbonyl (C=O) groups is 1. The molecule has 5 nitrogen and oxygen atoms in total. The number of aliphatic hydroxyl groups is 1. The topological polar surface area (TPSA) is 70.0 Å². The van der Waals surface area contributed by atoms with Gasteiger partial charge in [0.15, 0.2) is 0 Å². The fourth-order valence-corrected chi connectivity index (χ4v) is 3.47. The second-order valence-corrected chi connectivity index (χ2v) is 7.53. The quantitative estimate of drug-likeness (QED) is 0.816. The zero-order valence-electron chi connectivity index (χ0n) is 15.0. The fraction of sp³-hybridized carbons (Fsp3) is 0.450. The molecular weight excluding hydrogens is 318 g/mol. The third-order valence-corrected chi connectivity index (χ3v) is 4.51. The number of anilines is 1. The van der Waals surface area contributed by atoms with Crippen molar-refractivity contribution in [3.05, 3.63) is 35.9 Å². The number of ether oxygens (including phenoxy) is 1. The first-order valence-electron chi connectivity index (χ1n) is 8.68. The van der Waals surface area contributed by atoms with Crippen LogP contribution in [0.2, 0.25) is 0 Å². The zero-order valence-corrected chi connectivity index (χ0v) is 15.0. The van der Waals surface area contributed by atoms with Crippen molar-refractivity contribution < 1.29 is 19.7 Å². The standard InChI is InChI=1S/C20H25NO4/c1-20(2,3)25-19(24)21-10-6-7-13(12-22)18-15-9-5-4-8-14(15)17(23)11-16(18)21/h4-5,8-9,11,13,22-23H,6-7,10,12H2,1-3H3. The van der Waals surface area contributed by atoms with Crippen molar-refractivity contribution in [3.8, 4) is 5.75 Å². The lowest BCUT2D eigenvalue weighted by Crippen LogP contribution is -2.37. The maximum Gasteiger partial charge on any atom is 0.414 e. The number of amides is 1. The Morgan fingerprint density at radius 1 is 1.28 bits per heavy atom. The Labute approximate surface area is 147 Å². The second kappa shape index (κ2) is 6.56. The molecule has 0 fully saturated rings. The Hall–Kier alpha value is -2.27. The molecule has 1 heterocycles. The highest BCUT2D eigenvalue weighted by Crippen LogP contribution is 2.43. The van der Waals surface area contributed by atoms with Crippen molar-refractivity contribution in [1.29, 1.82) is 0 Å². The van der Waals surface area contributed by atoms with E-state index in [1.54, 1.807) is 11.0 Å². The number of hydrogen-bond acceptors (Lipinski definition) is 4. The van der Waals surface area contributed by atoms with Gasteiger partial charge in [0.1, 0.15) is 11.4 Å². The molecular formula is C20H25NO4. The van der Waals surface area contributed by atoms with Gasteiger partial charge in [0.2, 0.25) is 0 Å². The lowest BCUT2D eigenvalue weighted by molar-refractivity contribution is 0.0580. The summed E-state index contributed by atoms with van der Waals surface area (Å²) in [5.74, 6) is 0.0504. The molecule has 0 bridgehead atoms. The second-order valence-electron chi connectivity index (χ2n) is 7.53. The van der Waals surface area contributed by atoms with Gasteiger partial charge in [-0.2, -0.15) is 0 Å². The molecule has 1 aliphatic heterocycles. The summed E-state index contributed by atoms with van der Waals surface area (Å²) in [6.45, 7) is 5.99. The van der Waals surface area contributed by atoms with Gasteiger partial charge in [0.05, 0.1) is 12.3 Å². The van der Waals surface area contributed by atoms with Crippen molar-refractivity contribution in [2.75, 3.05) is 18.1 Å². The van der Waals surface area contributed by atoms with E-state index in [0.29, 0.717) is 12.2 Å². The van der Waals surface area contributed by atoms with Gasteiger partial charge in [0, 0.05) is 23.9 Å². The number of phenols is 1. The summed E-state index contributed by atoms with van der Waals surface area (Å²) in [4.78, 5) is 14.3. The van der Waals surface area contributed by atoms with Crippen molar-refractivity contribution in [1.82, 2.24) is 0 Å². The summed E-state index contributed by atoms with van der Waals surface area (Å²) in [5.41, 5.74) is 0.931. The number of carbonyl (C=O) groups excluding carboxylic acids is 1. The van der Waals surface area contributed by atoms with Crippen molar-refractivity contribution in [3.63, 3.8) is 0 Å². The molecule has 1 unspecified atom stereocenters. The van der Waals surface area contributed by atoms with Crippen LogP contribution in [-0.4, -0.2) is 35.1 Å². The predicted octanol–water partition coefficient (Wildman–Crippen LogP) is 4.16. The van der Waals surface area contributed by atoms with E-state index in [9.17, 15) is 15.0 Å². The number of phenolic OH excluding ortho intramolecular Hbond substituents is 1. The predicted molar refractivity (Wildman–Crippen MR) is 98.3 cm³/mol. The third kappa shape index (κ3) is 3.42. The summed E-state index contributed by atoms with van der Waals surface area (Å²) >= 11 is 0. The van der Waals surface area contributed by atoms with E-state index < -0.39 is 11.7 Å². The Morgan fingerprint density at radius 3 is 2.60 bits per heavy atom. The smallest absolute Gasteiger partial charge is 0.414 e. The van der Waals surface area contributed by atoms with Gasteiger partial charge in [-0.3, -0.25) is 4.90 Å². The van der Waals surface area contributed by atoms with Crippen LogP contribution in [0.1, 0.15) is 45.1 Å². The van der Waals surface area contributed by atoms with Gasteiger partial charge < -0.3 is 14.9 Å². The molecule has 0 radical (unpaired) electrons. The number of aromatic hydroxyl groups is 1. The highest BCUT2D eigenvalue weighted by molar-refractivity contribution is 6.00. The molecule has 0 saturated heterocycles. The average molecular weight is 343 g/mol. The summed E-state index contributed by atoms with van der Waals surface area (Å²) in [5, 5.41) is 22.0. The number of rotatable bonds is 1. The third-order valence-electron chi connectivity index (χ3n) is 4.51. The van der Waals surface area contributed by atoms with Gasteiger partial charge in [-0.1, -0.05) is 24.3 Å². The maximum absolute atomic E-state index is 12.7. The van der Waals surface area contributed by atoms with E-state index in [1.807, 2.05) is 45.0 Å². The Balaban J connectivity index is 2.19. The van der Waals surface area contributed by atoms with E-state index in [0.717, 1.165) is 29.2 Å². The van der Waals surface area contributed by atoms with Crippen LogP contribution in [0.15, 0.2) is 30.3 Å². The summed E-state index contributed by atoms with van der Waals surface area (Å²) in [6.07, 6.45) is 1.10. The highest BCUT2D eigenvalue weighted by atomic mass is 16.6. The Morgan fingerprint density at radius 2 is 1.96 bits per heavy atom. The number of fused-ring (bicyclic) bond motifs is 3. The summed E-state index contributed by atoms with van der Waals surface area (Å²) in [7, 11) is 0. The minimum absolute atomic E-state index is 0.00390. The van der Waals surface area contributed by atoms with Crippen LogP contribution in [0.5, 0.6) is 5.75 Å². The van der Waals surface area contributed by atoms with Crippen LogP contribution >= 0.6 is 0 Å². The first-order valence-corrected chi connectivity index (χ1v) is 8.68. The first kappa shape index (κ1) is 17.5. The number of benzene rings is 2. The maximum atomic E-state index is 12.7. The van der Waals surface area contributed by atoms with E-state index in [4.69, 9.17) is 4.74 Å². The number of aliphatic hydroxyl groups excluding tert-OH is 1. The van der Waals surface area contributed by atoms with Gasteiger partial charge in [-0.15, -0.1) is 0 Å². The molecule has 134 valence electrons. The number of nitrogens with zero attached hydrogens (tertiary/aromatic N) is 1. The van der Waals surface area contributed by atoms with Crippen LogP contribution < -0.4 is 4.90 Å².